The van der Waals surface area contributed by atoms with Gasteiger partial charge in [-0.15, -0.1) is 0 Å². The molecule has 0 aromatic carbocycles. The first-order valence-electron chi connectivity index (χ1n) is 24.2. The lowest BCUT2D eigenvalue weighted by Crippen LogP contribution is -2.44. The molecule has 0 radical (unpaired) electrons. The maximum Gasteiger partial charge on any atom is 0.280 e. The average Bonchev–Trinajstić information content (AvgIpc) is 3.66. The number of unbranched alkanes of at least 4 members (excludes halogenated alkanes) is 21. The Labute approximate surface area is 367 Å². The molecule has 0 fully saturated rings. The highest BCUT2D eigenvalue weighted by molar-refractivity contribution is 5.96. The van der Waals surface area contributed by atoms with E-state index >= 15 is 0 Å². The Hall–Kier alpha value is -3.84. The molecule has 1 atom stereocenters. The van der Waals surface area contributed by atoms with Crippen molar-refractivity contribution >= 4 is 34.8 Å². The van der Waals surface area contributed by atoms with Gasteiger partial charge < -0.3 is 20.5 Å². The number of imidazole rings is 1. The highest BCUT2D eigenvalue weighted by atomic mass is 16.5. The number of H-pyrrole nitrogens is 1. The fourth-order valence-corrected chi connectivity index (χ4v) is 7.22. The topological polar surface area (TPSA) is 180 Å². The van der Waals surface area contributed by atoms with E-state index in [4.69, 9.17) is 9.84 Å². The number of aliphatic hydroxyl groups is 1. The number of anilines is 1. The minimum atomic E-state index is -0.855. The van der Waals surface area contributed by atoms with E-state index in [-0.39, 0.29) is 48.9 Å². The van der Waals surface area contributed by atoms with Crippen LogP contribution >= 0.6 is 0 Å². The van der Waals surface area contributed by atoms with Crippen molar-refractivity contribution < 1.29 is 24.2 Å². The number of carbonyl (C=O) groups is 3. The molecular formula is C48H83N7O6. The van der Waals surface area contributed by atoms with Crippen LogP contribution in [-0.4, -0.2) is 68.1 Å². The standard InChI is InChI=1S/C48H83N7O6/c1-3-5-7-9-11-13-15-17-19-21-23-25-27-29-34-42(57)49-36-32-31-33-41(51-43(58)35-30-28-26-24-22-20-18-16-14-12-10-8-6-4-2)46(59)53-48-52-45-44(47(60)54-48)50-39-55(45)40-61-38-37-56/h15-18,39,41,56H,3-14,19-38,40H2,1-2H3,(H,49,57)(H,51,58)(H2,52,53,54,59,60)/b17-15+,18-16+. The summed E-state index contributed by atoms with van der Waals surface area (Å²) < 4.78 is 6.87. The molecular weight excluding hydrogens is 771 g/mol. The van der Waals surface area contributed by atoms with Crippen LogP contribution < -0.4 is 21.5 Å². The molecule has 0 saturated carbocycles. The Morgan fingerprint density at radius 2 is 1.25 bits per heavy atom. The fourth-order valence-electron chi connectivity index (χ4n) is 7.22. The van der Waals surface area contributed by atoms with Crippen molar-refractivity contribution in [1.82, 2.24) is 30.2 Å². The van der Waals surface area contributed by atoms with E-state index in [9.17, 15) is 19.2 Å². The molecule has 13 nitrogen and oxygen atoms in total. The average molecular weight is 854 g/mol. The van der Waals surface area contributed by atoms with Crippen LogP contribution in [0.25, 0.3) is 11.2 Å². The molecule has 2 rings (SSSR count). The van der Waals surface area contributed by atoms with Crippen molar-refractivity contribution in [3.63, 3.8) is 0 Å². The van der Waals surface area contributed by atoms with Crippen molar-refractivity contribution in [2.24, 2.45) is 0 Å². The molecule has 0 bridgehead atoms. The Balaban J connectivity index is 1.76. The lowest BCUT2D eigenvalue weighted by Gasteiger charge is -2.18. The maximum absolute atomic E-state index is 13.6. The number of amides is 3. The predicted molar refractivity (Wildman–Crippen MR) is 248 cm³/mol. The number of fused-ring (bicyclic) bond motifs is 1. The predicted octanol–water partition coefficient (Wildman–Crippen LogP) is 10.1. The lowest BCUT2D eigenvalue weighted by atomic mass is 10.1. The van der Waals surface area contributed by atoms with Gasteiger partial charge in [-0.1, -0.05) is 128 Å². The van der Waals surface area contributed by atoms with Gasteiger partial charge in [0.2, 0.25) is 23.7 Å². The van der Waals surface area contributed by atoms with Gasteiger partial charge in [0, 0.05) is 19.4 Å². The monoisotopic (exact) mass is 854 g/mol. The molecule has 0 spiro atoms. The summed E-state index contributed by atoms with van der Waals surface area (Å²) in [6.45, 7) is 4.95. The lowest BCUT2D eigenvalue weighted by molar-refractivity contribution is -0.126. The Bertz CT molecular complexity index is 1550. The van der Waals surface area contributed by atoms with Crippen LogP contribution in [0.15, 0.2) is 35.4 Å². The second-order valence-electron chi connectivity index (χ2n) is 16.5. The summed E-state index contributed by atoms with van der Waals surface area (Å²) in [5.41, 5.74) is -0.226. The molecule has 0 aliphatic rings. The zero-order valence-corrected chi connectivity index (χ0v) is 38.1. The van der Waals surface area contributed by atoms with Crippen molar-refractivity contribution in [3.8, 4) is 0 Å². The fraction of sp³-hybridized carbons (Fsp3) is 0.750. The number of ether oxygens (including phenoxy) is 1. The third-order valence-electron chi connectivity index (χ3n) is 10.9. The van der Waals surface area contributed by atoms with Gasteiger partial charge >= 0.3 is 0 Å². The number of aromatic amines is 1. The first kappa shape index (κ1) is 53.3. The van der Waals surface area contributed by atoms with Crippen molar-refractivity contribution in [1.29, 1.82) is 0 Å². The quantitative estimate of drug-likeness (QED) is 0.0324. The number of aliphatic hydroxyl groups excluding tert-OH is 1. The molecule has 5 N–H and O–H groups in total. The normalized spacial score (nSPS) is 12.2. The summed E-state index contributed by atoms with van der Waals surface area (Å²) in [5.74, 6) is -0.720. The smallest absolute Gasteiger partial charge is 0.280 e. The highest BCUT2D eigenvalue weighted by Gasteiger charge is 2.22. The number of aromatic nitrogens is 4. The largest absolute Gasteiger partial charge is 0.394 e. The number of carbonyl (C=O) groups excluding carboxylic acids is 3. The van der Waals surface area contributed by atoms with Crippen molar-refractivity contribution in [2.45, 2.75) is 213 Å². The van der Waals surface area contributed by atoms with Gasteiger partial charge in [-0.05, 0) is 83.5 Å². The van der Waals surface area contributed by atoms with E-state index in [0.717, 1.165) is 64.2 Å². The van der Waals surface area contributed by atoms with Crippen LogP contribution in [-0.2, 0) is 25.9 Å². The van der Waals surface area contributed by atoms with E-state index < -0.39 is 17.5 Å². The zero-order valence-electron chi connectivity index (χ0n) is 38.1. The van der Waals surface area contributed by atoms with E-state index in [1.807, 2.05) is 0 Å². The number of allylic oxidation sites excluding steroid dienone is 4. The van der Waals surface area contributed by atoms with E-state index in [1.54, 1.807) is 0 Å². The molecule has 61 heavy (non-hydrogen) atoms. The third kappa shape index (κ3) is 27.0. The summed E-state index contributed by atoms with van der Waals surface area (Å²) in [6.07, 6.45) is 41.4. The SMILES string of the molecule is CCCCCCC/C=C/CCCCCCCC(=O)NCCCCC(NC(=O)CCCCCCC/C=C/CCCCCCC)C(=O)Nc1nc2c(ncn2COCCO)c(=O)[nH]1. The Kier molecular flexibility index (Phi) is 32.1. The summed E-state index contributed by atoms with van der Waals surface area (Å²) in [4.78, 5) is 62.9. The van der Waals surface area contributed by atoms with E-state index in [1.165, 1.54) is 101 Å². The maximum atomic E-state index is 13.6. The summed E-state index contributed by atoms with van der Waals surface area (Å²) in [5, 5.41) is 17.7. The van der Waals surface area contributed by atoms with Gasteiger partial charge in [0.25, 0.3) is 5.56 Å². The molecule has 1 unspecified atom stereocenters. The number of hydrogen-bond acceptors (Lipinski definition) is 8. The van der Waals surface area contributed by atoms with Crippen LogP contribution in [0.5, 0.6) is 0 Å². The summed E-state index contributed by atoms with van der Waals surface area (Å²) >= 11 is 0. The van der Waals surface area contributed by atoms with Gasteiger partial charge in [0.05, 0.1) is 19.5 Å². The second kappa shape index (κ2) is 36.8. The zero-order chi connectivity index (χ0) is 44.0. The van der Waals surface area contributed by atoms with Crippen molar-refractivity contribution in [2.75, 3.05) is 25.1 Å². The molecule has 2 heterocycles. The van der Waals surface area contributed by atoms with Crippen LogP contribution in [0.2, 0.25) is 0 Å². The number of nitrogens with one attached hydrogen (secondary N) is 4. The molecule has 346 valence electrons. The molecule has 13 heteroatoms. The number of hydrogen-bond donors (Lipinski definition) is 5. The minimum Gasteiger partial charge on any atom is -0.394 e. The van der Waals surface area contributed by atoms with E-state index in [2.05, 4.69) is 69.1 Å². The third-order valence-corrected chi connectivity index (χ3v) is 10.9. The minimum absolute atomic E-state index is 0.0177. The Morgan fingerprint density at radius 1 is 0.721 bits per heavy atom. The van der Waals surface area contributed by atoms with Gasteiger partial charge in [-0.2, -0.15) is 4.98 Å². The number of nitrogens with zero attached hydrogens (tertiary/aromatic N) is 3. The van der Waals surface area contributed by atoms with Gasteiger partial charge in [-0.3, -0.25) is 34.0 Å². The Morgan fingerprint density at radius 3 is 1.80 bits per heavy atom. The summed E-state index contributed by atoms with van der Waals surface area (Å²) in [6, 6.07) is -0.855. The molecule has 2 aromatic rings. The van der Waals surface area contributed by atoms with Crippen LogP contribution in [0.4, 0.5) is 5.95 Å². The first-order valence-corrected chi connectivity index (χ1v) is 24.2. The molecule has 0 aliphatic heterocycles. The van der Waals surface area contributed by atoms with E-state index in [0.29, 0.717) is 38.6 Å². The number of rotatable bonds is 40. The highest BCUT2D eigenvalue weighted by Crippen LogP contribution is 2.13. The van der Waals surface area contributed by atoms with Crippen LogP contribution in [0.3, 0.4) is 0 Å². The van der Waals surface area contributed by atoms with Crippen LogP contribution in [0.1, 0.15) is 200 Å². The van der Waals surface area contributed by atoms with Gasteiger partial charge in [0.1, 0.15) is 12.8 Å². The molecule has 0 saturated heterocycles. The van der Waals surface area contributed by atoms with Gasteiger partial charge in [-0.25, -0.2) is 4.98 Å². The van der Waals surface area contributed by atoms with Crippen LogP contribution in [0, 0.1) is 0 Å². The molecule has 3 amide bonds. The van der Waals surface area contributed by atoms with Gasteiger partial charge in [0.15, 0.2) is 11.2 Å². The molecule has 2 aromatic heterocycles. The molecule has 0 aliphatic carbocycles. The van der Waals surface area contributed by atoms with Crippen molar-refractivity contribution in [3.05, 3.63) is 41.0 Å². The first-order chi connectivity index (χ1) is 29.9. The second-order valence-corrected chi connectivity index (χ2v) is 16.5. The summed E-state index contributed by atoms with van der Waals surface area (Å²) in [7, 11) is 0.